The van der Waals surface area contributed by atoms with Gasteiger partial charge in [-0.1, -0.05) is 30.2 Å². The van der Waals surface area contributed by atoms with Crippen LogP contribution >= 0.6 is 23.5 Å². The number of carbonyl (C=O) groups excluding carboxylic acids is 4. The third-order valence-corrected chi connectivity index (χ3v) is 10.4. The Hall–Kier alpha value is -4.24. The number of hydrogen-bond acceptors (Lipinski definition) is 12. The molecule has 12 nitrogen and oxygen atoms in total. The summed E-state index contributed by atoms with van der Waals surface area (Å²) in [7, 11) is -8.02. The number of benzene rings is 4. The van der Waals surface area contributed by atoms with Gasteiger partial charge in [0.2, 0.25) is 0 Å². The van der Waals surface area contributed by atoms with Crippen LogP contribution < -0.4 is 0 Å². The highest BCUT2D eigenvalue weighted by molar-refractivity contribution is 8.00. The zero-order valence-electron chi connectivity index (χ0n) is 25.2. The monoisotopic (exact) mass is 724 g/mol. The van der Waals surface area contributed by atoms with Crippen molar-refractivity contribution in [3.63, 3.8) is 0 Å². The summed E-state index contributed by atoms with van der Waals surface area (Å²) in [5.41, 5.74) is 0.941. The molecule has 1 fully saturated rings. The molecule has 7 rings (SSSR count). The minimum absolute atomic E-state index is 0.203. The first kappa shape index (κ1) is 33.7. The molecule has 4 aromatic carbocycles. The maximum absolute atomic E-state index is 12.5. The largest absolute Gasteiger partial charge is 0.286 e. The molecule has 2 heterocycles. The molecule has 0 aromatic heterocycles. The van der Waals surface area contributed by atoms with Crippen molar-refractivity contribution in [2.75, 3.05) is 18.3 Å². The van der Waals surface area contributed by atoms with Crippen LogP contribution in [0.15, 0.2) is 70.5 Å². The minimum atomic E-state index is -4.02. The third kappa shape index (κ3) is 6.57. The van der Waals surface area contributed by atoms with Gasteiger partial charge < -0.3 is 0 Å². The predicted octanol–water partition coefficient (Wildman–Crippen LogP) is 4.63. The van der Waals surface area contributed by atoms with Crippen molar-refractivity contribution in [3.05, 3.63) is 82.9 Å². The van der Waals surface area contributed by atoms with Gasteiger partial charge in [0, 0.05) is 25.8 Å². The molecule has 48 heavy (non-hydrogen) atoms. The Kier molecular flexibility index (Phi) is 8.87. The normalized spacial score (nSPS) is 15.9. The first-order valence-corrected chi connectivity index (χ1v) is 19.6. The lowest BCUT2D eigenvalue weighted by Crippen LogP contribution is -2.41. The fraction of sp³-hybridized carbons (Fsp3) is 0.188. The molecule has 16 heteroatoms. The molecule has 0 atom stereocenters. The number of amides is 4. The number of hydrogen-bond donors (Lipinski definition) is 0. The van der Waals surface area contributed by atoms with E-state index in [-0.39, 0.29) is 27.3 Å². The Labute approximate surface area is 283 Å². The van der Waals surface area contributed by atoms with Crippen molar-refractivity contribution >= 4 is 88.9 Å². The van der Waals surface area contributed by atoms with Crippen molar-refractivity contribution < 1.29 is 44.6 Å². The molecule has 1 aliphatic carbocycles. The second kappa shape index (κ2) is 12.7. The number of imide groups is 2. The van der Waals surface area contributed by atoms with Crippen LogP contribution in [0.1, 0.15) is 54.3 Å². The van der Waals surface area contributed by atoms with Crippen molar-refractivity contribution in [1.29, 1.82) is 0 Å². The highest BCUT2D eigenvalue weighted by Gasteiger charge is 2.38. The van der Waals surface area contributed by atoms with Gasteiger partial charge in [0.15, 0.2) is 0 Å². The van der Waals surface area contributed by atoms with Crippen LogP contribution in [0.5, 0.6) is 0 Å². The molecule has 3 aliphatic rings. The quantitative estimate of drug-likeness (QED) is 0.141. The number of rotatable bonds is 8. The highest BCUT2D eigenvalue weighted by Crippen LogP contribution is 2.44. The molecule has 0 radical (unpaired) electrons. The van der Waals surface area contributed by atoms with E-state index >= 15 is 0 Å². The summed E-state index contributed by atoms with van der Waals surface area (Å²) in [6.07, 6.45) is 9.17. The number of thioether (sulfide) groups is 2. The van der Waals surface area contributed by atoms with Gasteiger partial charge >= 0.3 is 0 Å². The van der Waals surface area contributed by atoms with Gasteiger partial charge in [0.1, 0.15) is 0 Å². The Morgan fingerprint density at radius 2 is 1.10 bits per heavy atom. The molecule has 4 amide bonds. The fourth-order valence-electron chi connectivity index (χ4n) is 5.21. The number of terminal acetylenes is 1. The van der Waals surface area contributed by atoms with E-state index in [0.717, 1.165) is 27.7 Å². The maximum atomic E-state index is 12.5. The van der Waals surface area contributed by atoms with Gasteiger partial charge in [0.25, 0.3) is 43.9 Å². The molecule has 1 saturated carbocycles. The van der Waals surface area contributed by atoms with E-state index < -0.39 is 43.9 Å². The lowest BCUT2D eigenvalue weighted by Gasteiger charge is -2.25. The van der Waals surface area contributed by atoms with Gasteiger partial charge in [0.05, 0.1) is 40.5 Å². The predicted molar refractivity (Wildman–Crippen MR) is 179 cm³/mol. The summed E-state index contributed by atoms with van der Waals surface area (Å²) in [6, 6.07) is 16.9. The van der Waals surface area contributed by atoms with Crippen molar-refractivity contribution in [2.24, 2.45) is 0 Å². The first-order valence-electron chi connectivity index (χ1n) is 14.1. The molecule has 4 aromatic rings. The van der Waals surface area contributed by atoms with Crippen molar-refractivity contribution in [2.45, 2.75) is 27.9 Å². The van der Waals surface area contributed by atoms with Crippen LogP contribution in [-0.4, -0.2) is 74.1 Å². The average Bonchev–Trinajstić information content (AvgIpc) is 3.86. The van der Waals surface area contributed by atoms with Gasteiger partial charge in [-0.25, -0.2) is 0 Å². The van der Waals surface area contributed by atoms with E-state index in [2.05, 4.69) is 14.5 Å². The maximum Gasteiger partial charge on any atom is 0.286 e. The molecular formula is C32H24N2O10S4. The van der Waals surface area contributed by atoms with Crippen molar-refractivity contribution in [1.82, 2.24) is 10.1 Å². The second-order valence-corrected chi connectivity index (χ2v) is 16.3. The summed E-state index contributed by atoms with van der Waals surface area (Å²) < 4.78 is 54.5. The summed E-state index contributed by atoms with van der Waals surface area (Å²) in [5, 5.41) is 3.77. The topological polar surface area (TPSA) is 161 Å². The molecule has 246 valence electrons. The van der Waals surface area contributed by atoms with E-state index in [0.29, 0.717) is 32.2 Å². The Morgan fingerprint density at radius 3 is 1.52 bits per heavy atom. The Bertz CT molecular complexity index is 2300. The fourth-order valence-corrected chi connectivity index (χ4v) is 7.93. The number of nitrogens with zero attached hydrogens (tertiary/aromatic N) is 2. The molecule has 0 unspecified atom stereocenters. The van der Waals surface area contributed by atoms with Crippen LogP contribution in [0, 0.1) is 12.3 Å². The van der Waals surface area contributed by atoms with Crippen LogP contribution in [0.4, 0.5) is 0 Å². The van der Waals surface area contributed by atoms with Crippen LogP contribution in [-0.2, 0) is 28.8 Å². The second-order valence-electron chi connectivity index (χ2n) is 10.9. The summed E-state index contributed by atoms with van der Waals surface area (Å²) in [4.78, 5) is 51.9. The zero-order chi connectivity index (χ0) is 34.5. The lowest BCUT2D eigenvalue weighted by atomic mass is 9.95. The van der Waals surface area contributed by atoms with E-state index in [1.54, 1.807) is 48.2 Å². The average molecular weight is 725 g/mol. The van der Waals surface area contributed by atoms with Crippen molar-refractivity contribution in [3.8, 4) is 12.3 Å². The van der Waals surface area contributed by atoms with Gasteiger partial charge in [-0.05, 0) is 60.0 Å². The van der Waals surface area contributed by atoms with E-state index in [9.17, 15) is 36.0 Å². The Morgan fingerprint density at radius 1 is 0.688 bits per heavy atom. The third-order valence-electron chi connectivity index (χ3n) is 7.21. The number of hydroxylamine groups is 4. The minimum Gasteiger partial charge on any atom is -0.266 e. The lowest BCUT2D eigenvalue weighted by molar-refractivity contribution is -0.0153. The van der Waals surface area contributed by atoms with E-state index in [4.69, 9.17) is 6.42 Å². The van der Waals surface area contributed by atoms with E-state index in [1.807, 2.05) is 12.1 Å². The molecule has 0 bridgehead atoms. The number of carbonyl (C=O) groups is 4. The summed E-state index contributed by atoms with van der Waals surface area (Å²) in [5.74, 6) is -0.196. The summed E-state index contributed by atoms with van der Waals surface area (Å²) in [6.45, 7) is 0. The van der Waals surface area contributed by atoms with Crippen LogP contribution in [0.2, 0.25) is 0 Å². The van der Waals surface area contributed by atoms with Crippen LogP contribution in [0.25, 0.3) is 21.5 Å². The zero-order valence-corrected chi connectivity index (χ0v) is 28.4. The van der Waals surface area contributed by atoms with E-state index in [1.165, 1.54) is 36.7 Å². The van der Waals surface area contributed by atoms with Gasteiger partial charge in [-0.15, -0.1) is 48.6 Å². The Balaban J connectivity index is 0.000000167. The molecular weight excluding hydrogens is 701 g/mol. The molecule has 2 aliphatic heterocycles. The summed E-state index contributed by atoms with van der Waals surface area (Å²) >= 11 is 3.16. The van der Waals surface area contributed by atoms with Gasteiger partial charge in [-0.3, -0.25) is 19.2 Å². The SMILES string of the molecule is C#CCSc1ccc2c3c(cccc13)C(=O)N(OS(C)(=O)=O)C2=O.CS(=O)(=O)ON1C(=O)c2cccc3c(SC4CC4)ccc(c23)C1=O. The molecule has 0 saturated heterocycles. The van der Waals surface area contributed by atoms with Gasteiger partial charge in [-0.2, -0.15) is 16.8 Å². The first-order chi connectivity index (χ1) is 22.7. The standard InChI is InChI=1S/C16H13NO5S2.C16H11NO5S2/c1-24(20,21)22-17-15(18)11-4-2-3-10-13(23-9-5-6-9)8-7-12(14(10)11)16(17)19;1-3-9-23-13-8-7-12-14-10(13)5-4-6-11(14)15(18)17(16(12)19)22-24(2,20)21/h2-4,7-9H,5-6H2,1H3;1,4-8H,9H2,2H3. The molecule has 0 spiro atoms. The van der Waals surface area contributed by atoms with Crippen LogP contribution in [0.3, 0.4) is 0 Å². The smallest absolute Gasteiger partial charge is 0.266 e. The molecule has 0 N–H and O–H groups in total. The highest BCUT2D eigenvalue weighted by atomic mass is 32.2.